The predicted octanol–water partition coefficient (Wildman–Crippen LogP) is 4.81. The molecular formula is C22H25FN2O2. The molecule has 2 aromatic rings. The fraction of sp³-hybridized carbons (Fsp3) is 0.409. The Hall–Kier alpha value is -2.40. The number of amides is 2. The predicted molar refractivity (Wildman–Crippen MR) is 105 cm³/mol. The molecule has 4 nitrogen and oxygen atoms in total. The highest BCUT2D eigenvalue weighted by Gasteiger charge is 2.32. The topological polar surface area (TPSA) is 43.8 Å². The fourth-order valence-electron chi connectivity index (χ4n) is 4.25. The number of halogens is 1. The summed E-state index contributed by atoms with van der Waals surface area (Å²) in [6.07, 6.45) is 6.29. The molecule has 0 radical (unpaired) electrons. The summed E-state index contributed by atoms with van der Waals surface area (Å²) >= 11 is 0. The van der Waals surface area contributed by atoms with Gasteiger partial charge in [-0.25, -0.2) is 9.18 Å². The van der Waals surface area contributed by atoms with Crippen molar-refractivity contribution in [2.24, 2.45) is 0 Å². The van der Waals surface area contributed by atoms with Gasteiger partial charge in [0, 0.05) is 18.8 Å². The average Bonchev–Trinajstić information content (AvgIpc) is 3.10. The molecule has 27 heavy (non-hydrogen) atoms. The van der Waals surface area contributed by atoms with Crippen LogP contribution in [0.3, 0.4) is 0 Å². The molecule has 2 amide bonds. The number of rotatable bonds is 4. The van der Waals surface area contributed by atoms with E-state index in [1.165, 1.54) is 48.6 Å². The van der Waals surface area contributed by atoms with Crippen molar-refractivity contribution in [1.29, 1.82) is 0 Å². The summed E-state index contributed by atoms with van der Waals surface area (Å²) in [5.41, 5.74) is 2.96. The normalized spacial score (nSPS) is 18.4. The third-order valence-electron chi connectivity index (χ3n) is 5.75. The fourth-order valence-corrected chi connectivity index (χ4v) is 4.25. The van der Waals surface area contributed by atoms with E-state index in [1.807, 2.05) is 12.1 Å². The van der Waals surface area contributed by atoms with Crippen molar-refractivity contribution < 1.29 is 14.3 Å². The summed E-state index contributed by atoms with van der Waals surface area (Å²) in [4.78, 5) is 16.1. The first-order valence-corrected chi connectivity index (χ1v) is 9.75. The highest BCUT2D eigenvalue weighted by atomic mass is 19.1. The lowest BCUT2D eigenvalue weighted by Gasteiger charge is -2.24. The summed E-state index contributed by atoms with van der Waals surface area (Å²) in [5.74, 6) is 0.101. The van der Waals surface area contributed by atoms with Crippen LogP contribution < -0.4 is 9.80 Å². The Morgan fingerprint density at radius 1 is 1.00 bits per heavy atom. The molecule has 1 aliphatic heterocycles. The van der Waals surface area contributed by atoms with Crippen LogP contribution >= 0.6 is 0 Å². The van der Waals surface area contributed by atoms with Crippen molar-refractivity contribution in [3.8, 4) is 0 Å². The largest absolute Gasteiger partial charge is 0.392 e. The maximum absolute atomic E-state index is 14.4. The lowest BCUT2D eigenvalue weighted by atomic mass is 9.84. The number of carbonyl (C=O) groups excluding carboxylic acids is 1. The molecule has 142 valence electrons. The van der Waals surface area contributed by atoms with Crippen LogP contribution in [-0.2, 0) is 6.61 Å². The van der Waals surface area contributed by atoms with Crippen molar-refractivity contribution in [1.82, 2.24) is 0 Å². The van der Waals surface area contributed by atoms with Gasteiger partial charge in [0.15, 0.2) is 0 Å². The Morgan fingerprint density at radius 2 is 1.78 bits per heavy atom. The van der Waals surface area contributed by atoms with Gasteiger partial charge < -0.3 is 5.11 Å². The van der Waals surface area contributed by atoms with Gasteiger partial charge >= 0.3 is 6.03 Å². The van der Waals surface area contributed by atoms with Gasteiger partial charge in [0.1, 0.15) is 5.82 Å². The molecule has 1 heterocycles. The minimum Gasteiger partial charge on any atom is -0.392 e. The third kappa shape index (κ3) is 3.56. The van der Waals surface area contributed by atoms with E-state index in [2.05, 4.69) is 12.1 Å². The summed E-state index contributed by atoms with van der Waals surface area (Å²) < 4.78 is 14.4. The van der Waals surface area contributed by atoms with Crippen LogP contribution in [0.25, 0.3) is 0 Å². The molecule has 1 saturated carbocycles. The Morgan fingerprint density at radius 3 is 2.52 bits per heavy atom. The molecule has 0 bridgehead atoms. The highest BCUT2D eigenvalue weighted by molar-refractivity contribution is 6.06. The van der Waals surface area contributed by atoms with Crippen molar-refractivity contribution >= 4 is 17.4 Å². The first kappa shape index (κ1) is 18.0. The third-order valence-corrected chi connectivity index (χ3v) is 5.75. The summed E-state index contributed by atoms with van der Waals surface area (Å²) in [6, 6.07) is 12.6. The van der Waals surface area contributed by atoms with Crippen LogP contribution in [0.4, 0.5) is 20.6 Å². The molecule has 0 atom stereocenters. The Kier molecular flexibility index (Phi) is 5.12. The highest BCUT2D eigenvalue weighted by Crippen LogP contribution is 2.35. The van der Waals surface area contributed by atoms with Crippen LogP contribution in [0.2, 0.25) is 0 Å². The van der Waals surface area contributed by atoms with Gasteiger partial charge in [0.25, 0.3) is 0 Å². The van der Waals surface area contributed by atoms with E-state index in [0.29, 0.717) is 24.6 Å². The molecule has 0 unspecified atom stereocenters. The van der Waals surface area contributed by atoms with E-state index in [0.717, 1.165) is 5.69 Å². The number of hydrogen-bond acceptors (Lipinski definition) is 2. The van der Waals surface area contributed by atoms with Gasteiger partial charge in [-0.15, -0.1) is 0 Å². The molecular weight excluding hydrogens is 343 g/mol. The maximum atomic E-state index is 14.4. The number of aliphatic hydroxyl groups excluding tert-OH is 1. The first-order chi connectivity index (χ1) is 13.2. The minimum absolute atomic E-state index is 0.202. The van der Waals surface area contributed by atoms with Crippen LogP contribution in [-0.4, -0.2) is 24.2 Å². The number of aliphatic hydroxyl groups is 1. The van der Waals surface area contributed by atoms with Crippen molar-refractivity contribution in [2.45, 2.75) is 44.6 Å². The number of nitrogens with zero attached hydrogens (tertiary/aromatic N) is 2. The summed E-state index contributed by atoms with van der Waals surface area (Å²) in [7, 11) is 0. The van der Waals surface area contributed by atoms with E-state index in [1.54, 1.807) is 17.0 Å². The van der Waals surface area contributed by atoms with Gasteiger partial charge in [-0.1, -0.05) is 37.5 Å². The summed E-state index contributed by atoms with van der Waals surface area (Å²) in [6.45, 7) is 0.765. The monoisotopic (exact) mass is 368 g/mol. The van der Waals surface area contributed by atoms with Crippen LogP contribution in [0.1, 0.15) is 49.1 Å². The van der Waals surface area contributed by atoms with Crippen LogP contribution in [0.15, 0.2) is 42.5 Å². The van der Waals surface area contributed by atoms with E-state index in [-0.39, 0.29) is 18.3 Å². The first-order valence-electron chi connectivity index (χ1n) is 9.75. The number of benzene rings is 2. The molecule has 2 fully saturated rings. The second-order valence-corrected chi connectivity index (χ2v) is 7.46. The lowest BCUT2D eigenvalue weighted by molar-refractivity contribution is 0.255. The number of carbonyl (C=O) groups is 1. The van der Waals surface area contributed by atoms with Gasteiger partial charge in [0.2, 0.25) is 0 Å². The second kappa shape index (κ2) is 7.69. The van der Waals surface area contributed by atoms with E-state index < -0.39 is 5.82 Å². The molecule has 0 aromatic heterocycles. The van der Waals surface area contributed by atoms with Crippen molar-refractivity contribution in [2.75, 3.05) is 22.9 Å². The quantitative estimate of drug-likeness (QED) is 0.841. The molecule has 1 aliphatic carbocycles. The van der Waals surface area contributed by atoms with Crippen LogP contribution in [0, 0.1) is 5.82 Å². The lowest BCUT2D eigenvalue weighted by Crippen LogP contribution is -2.32. The van der Waals surface area contributed by atoms with Gasteiger partial charge in [-0.05, 0) is 54.2 Å². The SMILES string of the molecule is O=C1N(c2cccc(C3CCCCC3)c2)CCN1c1ccc(CO)cc1F. The molecule has 0 spiro atoms. The standard InChI is InChI=1S/C22H25FN2O2/c23-20-13-16(15-26)9-10-21(20)25-12-11-24(22(25)27)19-8-4-7-18(14-19)17-5-2-1-3-6-17/h4,7-10,13-14,17,26H,1-3,5-6,11-12,15H2. The Labute approximate surface area is 159 Å². The number of anilines is 2. The molecule has 2 aliphatic rings. The molecule has 1 saturated heterocycles. The molecule has 5 heteroatoms. The zero-order valence-electron chi connectivity index (χ0n) is 15.4. The minimum atomic E-state index is -0.479. The average molecular weight is 368 g/mol. The molecule has 1 N–H and O–H groups in total. The summed E-state index contributed by atoms with van der Waals surface area (Å²) in [5, 5.41) is 9.14. The van der Waals surface area contributed by atoms with Crippen molar-refractivity contribution in [3.05, 3.63) is 59.4 Å². The maximum Gasteiger partial charge on any atom is 0.329 e. The smallest absolute Gasteiger partial charge is 0.329 e. The Balaban J connectivity index is 1.55. The second-order valence-electron chi connectivity index (χ2n) is 7.46. The molecule has 4 rings (SSSR count). The number of urea groups is 1. The van der Waals surface area contributed by atoms with Gasteiger partial charge in [-0.3, -0.25) is 9.80 Å². The van der Waals surface area contributed by atoms with Gasteiger partial charge in [-0.2, -0.15) is 0 Å². The van der Waals surface area contributed by atoms with Gasteiger partial charge in [0.05, 0.1) is 12.3 Å². The van der Waals surface area contributed by atoms with E-state index in [9.17, 15) is 9.18 Å². The number of hydrogen-bond donors (Lipinski definition) is 1. The zero-order valence-corrected chi connectivity index (χ0v) is 15.4. The Bertz CT molecular complexity index is 833. The molecule has 2 aromatic carbocycles. The zero-order chi connectivity index (χ0) is 18.8. The van der Waals surface area contributed by atoms with Crippen molar-refractivity contribution in [3.63, 3.8) is 0 Å². The van der Waals surface area contributed by atoms with Crippen LogP contribution in [0.5, 0.6) is 0 Å². The van der Waals surface area contributed by atoms with E-state index >= 15 is 0 Å². The van der Waals surface area contributed by atoms with E-state index in [4.69, 9.17) is 5.11 Å².